The standard InChI is InChI=1S/C29H32FN5O2/c1-4-35(5-2)17-18-37-23-15-13-20(14-16-23)27-26(21-9-8-10-22(30)19-21)28(34-29(31)33-27)32-24-11-6-7-12-25(24)36-3/h6-16,19H,4-5,17-18H2,1-3H3,(H3,31,32,33,34). The Morgan fingerprint density at radius 2 is 1.68 bits per heavy atom. The molecule has 0 spiro atoms. The molecule has 0 fully saturated rings. The summed E-state index contributed by atoms with van der Waals surface area (Å²) in [6.45, 7) is 7.71. The molecule has 7 nitrogen and oxygen atoms in total. The fraction of sp³-hybridized carbons (Fsp3) is 0.241. The third-order valence-electron chi connectivity index (χ3n) is 6.10. The van der Waals surface area contributed by atoms with Crippen molar-refractivity contribution in [1.82, 2.24) is 14.9 Å². The second-order valence-corrected chi connectivity index (χ2v) is 8.39. The molecule has 3 N–H and O–H groups in total. The van der Waals surface area contributed by atoms with Gasteiger partial charge in [0.05, 0.1) is 24.1 Å². The first kappa shape index (κ1) is 25.9. The van der Waals surface area contributed by atoms with Gasteiger partial charge in [-0.15, -0.1) is 0 Å². The van der Waals surface area contributed by atoms with Crippen molar-refractivity contribution in [3.63, 3.8) is 0 Å². The number of rotatable bonds is 11. The number of nitrogens with two attached hydrogens (primary N) is 1. The van der Waals surface area contributed by atoms with Gasteiger partial charge in [0.2, 0.25) is 5.95 Å². The lowest BCUT2D eigenvalue weighted by molar-refractivity contribution is 0.223. The van der Waals surface area contributed by atoms with E-state index in [0.717, 1.165) is 30.9 Å². The van der Waals surface area contributed by atoms with Gasteiger partial charge in [-0.1, -0.05) is 38.1 Å². The normalized spacial score (nSPS) is 10.9. The van der Waals surface area contributed by atoms with Crippen LogP contribution < -0.4 is 20.5 Å². The van der Waals surface area contributed by atoms with E-state index >= 15 is 0 Å². The number of para-hydroxylation sites is 2. The van der Waals surface area contributed by atoms with Crippen molar-refractivity contribution in [2.24, 2.45) is 0 Å². The summed E-state index contributed by atoms with van der Waals surface area (Å²) in [6, 6.07) is 21.5. The summed E-state index contributed by atoms with van der Waals surface area (Å²) >= 11 is 0. The number of benzene rings is 3. The summed E-state index contributed by atoms with van der Waals surface area (Å²) in [7, 11) is 1.60. The molecular weight excluding hydrogens is 469 g/mol. The smallest absolute Gasteiger partial charge is 0.222 e. The van der Waals surface area contributed by atoms with E-state index in [-0.39, 0.29) is 11.8 Å². The highest BCUT2D eigenvalue weighted by Crippen LogP contribution is 2.39. The van der Waals surface area contributed by atoms with Crippen LogP contribution in [0.25, 0.3) is 22.4 Å². The van der Waals surface area contributed by atoms with E-state index < -0.39 is 0 Å². The predicted molar refractivity (Wildman–Crippen MR) is 147 cm³/mol. The molecule has 3 aromatic carbocycles. The van der Waals surface area contributed by atoms with Gasteiger partial charge in [-0.25, -0.2) is 9.37 Å². The van der Waals surface area contributed by atoms with E-state index in [4.69, 9.17) is 15.2 Å². The Hall–Kier alpha value is -4.17. The van der Waals surface area contributed by atoms with E-state index in [1.807, 2.05) is 54.6 Å². The number of hydrogen-bond donors (Lipinski definition) is 2. The minimum Gasteiger partial charge on any atom is -0.495 e. The zero-order valence-corrected chi connectivity index (χ0v) is 21.4. The number of nitrogens with zero attached hydrogens (tertiary/aromatic N) is 3. The summed E-state index contributed by atoms with van der Waals surface area (Å²) in [5, 5.41) is 3.31. The van der Waals surface area contributed by atoms with Crippen LogP contribution in [-0.4, -0.2) is 48.2 Å². The van der Waals surface area contributed by atoms with Crippen LogP contribution in [0.2, 0.25) is 0 Å². The summed E-state index contributed by atoms with van der Waals surface area (Å²) in [4.78, 5) is 11.3. The molecule has 0 aliphatic heterocycles. The summed E-state index contributed by atoms with van der Waals surface area (Å²) in [5.41, 5.74) is 9.46. The number of methoxy groups -OCH3 is 1. The molecule has 37 heavy (non-hydrogen) atoms. The van der Waals surface area contributed by atoms with Crippen LogP contribution in [0.4, 0.5) is 21.8 Å². The molecule has 0 bridgehead atoms. The lowest BCUT2D eigenvalue weighted by Gasteiger charge is -2.19. The van der Waals surface area contributed by atoms with Crippen LogP contribution in [0.1, 0.15) is 13.8 Å². The number of halogens is 1. The Balaban J connectivity index is 1.73. The van der Waals surface area contributed by atoms with Gasteiger partial charge >= 0.3 is 0 Å². The Labute approximate surface area is 217 Å². The van der Waals surface area contributed by atoms with Gasteiger partial charge in [-0.05, 0) is 67.2 Å². The van der Waals surface area contributed by atoms with E-state index in [0.29, 0.717) is 40.7 Å². The van der Waals surface area contributed by atoms with Gasteiger partial charge in [0.1, 0.15) is 29.7 Å². The number of nitrogens with one attached hydrogen (secondary N) is 1. The molecule has 0 aliphatic rings. The zero-order valence-electron chi connectivity index (χ0n) is 21.4. The number of nitrogen functional groups attached to an aromatic ring is 1. The van der Waals surface area contributed by atoms with Gasteiger partial charge in [0.25, 0.3) is 0 Å². The minimum atomic E-state index is -0.361. The number of likely N-dealkylation sites (N-methyl/N-ethyl adjacent to an activating group) is 1. The maximum Gasteiger partial charge on any atom is 0.222 e. The highest BCUT2D eigenvalue weighted by atomic mass is 19.1. The first-order chi connectivity index (χ1) is 18.0. The third kappa shape index (κ3) is 6.34. The van der Waals surface area contributed by atoms with Gasteiger partial charge in [0, 0.05) is 12.1 Å². The topological polar surface area (TPSA) is 85.5 Å². The predicted octanol–water partition coefficient (Wildman–Crippen LogP) is 6.00. The quantitative estimate of drug-likeness (QED) is 0.260. The van der Waals surface area contributed by atoms with Crippen LogP contribution in [-0.2, 0) is 0 Å². The molecule has 4 rings (SSSR count). The summed E-state index contributed by atoms with van der Waals surface area (Å²) < 4.78 is 25.7. The Morgan fingerprint density at radius 1 is 0.919 bits per heavy atom. The van der Waals surface area contributed by atoms with Crippen LogP contribution in [0.5, 0.6) is 11.5 Å². The van der Waals surface area contributed by atoms with Crippen molar-refractivity contribution >= 4 is 17.5 Å². The van der Waals surface area contributed by atoms with Crippen molar-refractivity contribution in [2.75, 3.05) is 44.4 Å². The first-order valence-electron chi connectivity index (χ1n) is 12.3. The molecule has 0 aliphatic carbocycles. The summed E-state index contributed by atoms with van der Waals surface area (Å²) in [5.74, 6) is 1.57. The lowest BCUT2D eigenvalue weighted by Crippen LogP contribution is -2.27. The molecule has 1 aromatic heterocycles. The minimum absolute atomic E-state index is 0.0899. The number of ether oxygens (including phenoxy) is 2. The highest BCUT2D eigenvalue weighted by molar-refractivity contribution is 5.91. The average molecular weight is 502 g/mol. The van der Waals surface area contributed by atoms with Crippen LogP contribution in [0, 0.1) is 5.82 Å². The average Bonchev–Trinajstić information content (AvgIpc) is 2.91. The Kier molecular flexibility index (Phi) is 8.53. The van der Waals surface area contributed by atoms with E-state index in [2.05, 4.69) is 34.0 Å². The maximum atomic E-state index is 14.3. The van der Waals surface area contributed by atoms with Gasteiger partial charge < -0.3 is 25.4 Å². The fourth-order valence-corrected chi connectivity index (χ4v) is 4.11. The summed E-state index contributed by atoms with van der Waals surface area (Å²) in [6.07, 6.45) is 0. The molecule has 1 heterocycles. The van der Waals surface area contributed by atoms with E-state index in [9.17, 15) is 4.39 Å². The molecule has 192 valence electrons. The molecule has 0 radical (unpaired) electrons. The van der Waals surface area contributed by atoms with E-state index in [1.165, 1.54) is 12.1 Å². The number of hydrogen-bond acceptors (Lipinski definition) is 7. The molecule has 0 unspecified atom stereocenters. The van der Waals surface area contributed by atoms with Crippen molar-refractivity contribution in [3.05, 3.63) is 78.6 Å². The lowest BCUT2D eigenvalue weighted by atomic mass is 9.99. The molecule has 0 saturated carbocycles. The second kappa shape index (κ2) is 12.2. The maximum absolute atomic E-state index is 14.3. The largest absolute Gasteiger partial charge is 0.495 e. The third-order valence-corrected chi connectivity index (χ3v) is 6.10. The first-order valence-corrected chi connectivity index (χ1v) is 12.3. The molecule has 8 heteroatoms. The van der Waals surface area contributed by atoms with Crippen LogP contribution in [0.15, 0.2) is 72.8 Å². The fourth-order valence-electron chi connectivity index (χ4n) is 4.11. The van der Waals surface area contributed by atoms with Crippen LogP contribution >= 0.6 is 0 Å². The van der Waals surface area contributed by atoms with E-state index in [1.54, 1.807) is 13.2 Å². The molecule has 4 aromatic rings. The molecule has 0 saturated heterocycles. The Bertz CT molecular complexity index is 1330. The monoisotopic (exact) mass is 501 g/mol. The number of aromatic nitrogens is 2. The van der Waals surface area contributed by atoms with Crippen molar-refractivity contribution in [1.29, 1.82) is 0 Å². The zero-order chi connectivity index (χ0) is 26.2. The van der Waals surface area contributed by atoms with Crippen molar-refractivity contribution in [2.45, 2.75) is 13.8 Å². The van der Waals surface area contributed by atoms with Gasteiger partial charge in [-0.3, -0.25) is 0 Å². The molecule has 0 atom stereocenters. The second-order valence-electron chi connectivity index (χ2n) is 8.39. The van der Waals surface area contributed by atoms with Gasteiger partial charge in [0.15, 0.2) is 0 Å². The molecular formula is C29H32FN5O2. The Morgan fingerprint density at radius 3 is 2.38 bits per heavy atom. The van der Waals surface area contributed by atoms with Crippen molar-refractivity contribution in [3.8, 4) is 33.9 Å². The van der Waals surface area contributed by atoms with Crippen molar-refractivity contribution < 1.29 is 13.9 Å². The molecule has 0 amide bonds. The highest BCUT2D eigenvalue weighted by Gasteiger charge is 2.19. The number of anilines is 3. The SMILES string of the molecule is CCN(CC)CCOc1ccc(-c2nc(N)nc(Nc3ccccc3OC)c2-c2cccc(F)c2)cc1. The van der Waals surface area contributed by atoms with Gasteiger partial charge in [-0.2, -0.15) is 4.98 Å². The van der Waals surface area contributed by atoms with Crippen LogP contribution in [0.3, 0.4) is 0 Å².